The second-order valence-corrected chi connectivity index (χ2v) is 16.8. The van der Waals surface area contributed by atoms with E-state index in [4.69, 9.17) is 24.1 Å². The van der Waals surface area contributed by atoms with Gasteiger partial charge >= 0.3 is 17.9 Å². The molecule has 2 N–H and O–H groups in total. The molecule has 0 aromatic heterocycles. The number of rotatable bonds is 13. The van der Waals surface area contributed by atoms with Crippen LogP contribution in [0.15, 0.2) is 12.1 Å². The number of methoxy groups -OCH3 is 1. The zero-order valence-electron chi connectivity index (χ0n) is 29.3. The topological polar surface area (TPSA) is 132 Å². The minimum atomic E-state index is -1.04. The van der Waals surface area contributed by atoms with Gasteiger partial charge in [0.1, 0.15) is 11.7 Å². The Hall–Kier alpha value is -2.69. The highest BCUT2D eigenvalue weighted by molar-refractivity contribution is 5.76. The number of esters is 2. The van der Waals surface area contributed by atoms with Crippen molar-refractivity contribution in [1.82, 2.24) is 4.90 Å². The fourth-order valence-corrected chi connectivity index (χ4v) is 10.7. The van der Waals surface area contributed by atoms with Crippen LogP contribution in [0.25, 0.3) is 0 Å². The molecular weight excluding hydrogens is 614 g/mol. The molecule has 2 heterocycles. The first-order valence-corrected chi connectivity index (χ1v) is 18.1. The van der Waals surface area contributed by atoms with E-state index in [0.29, 0.717) is 30.4 Å². The van der Waals surface area contributed by atoms with E-state index in [-0.39, 0.29) is 60.1 Å². The summed E-state index contributed by atoms with van der Waals surface area (Å²) in [4.78, 5) is 38.3. The lowest BCUT2D eigenvalue weighted by Gasteiger charge is -2.75. The van der Waals surface area contributed by atoms with Gasteiger partial charge in [0.25, 0.3) is 0 Å². The minimum Gasteiger partial charge on any atom is -0.482 e. The minimum absolute atomic E-state index is 0.0895. The zero-order valence-corrected chi connectivity index (χ0v) is 29.3. The molecule has 2 spiro atoms. The van der Waals surface area contributed by atoms with E-state index in [9.17, 15) is 19.5 Å². The van der Waals surface area contributed by atoms with Gasteiger partial charge < -0.3 is 29.2 Å². The third-order valence-electron chi connectivity index (χ3n) is 13.6. The molecule has 2 unspecified atom stereocenters. The number of aliphatic carboxylic acids is 1. The highest BCUT2D eigenvalue weighted by Crippen LogP contribution is 2.78. The monoisotopic (exact) mass is 667 g/mol. The number of benzene rings is 1. The lowest BCUT2D eigenvalue weighted by atomic mass is 9.33. The van der Waals surface area contributed by atoms with E-state index < -0.39 is 23.1 Å². The van der Waals surface area contributed by atoms with E-state index in [0.717, 1.165) is 51.1 Å². The summed E-state index contributed by atoms with van der Waals surface area (Å²) in [5, 5.41) is 21.2. The van der Waals surface area contributed by atoms with Crippen molar-refractivity contribution in [1.29, 1.82) is 0 Å². The molecule has 10 heteroatoms. The van der Waals surface area contributed by atoms with Crippen molar-refractivity contribution < 1.29 is 43.5 Å². The summed E-state index contributed by atoms with van der Waals surface area (Å²) < 4.78 is 25.0. The fourth-order valence-electron chi connectivity index (χ4n) is 10.7. The molecule has 1 saturated heterocycles. The lowest BCUT2D eigenvalue weighted by Crippen LogP contribution is -2.83. The number of carbonyl (C=O) groups excluding carboxylic acids is 2. The predicted molar refractivity (Wildman–Crippen MR) is 176 cm³/mol. The third-order valence-corrected chi connectivity index (χ3v) is 13.6. The average Bonchev–Trinajstić information content (AvgIpc) is 3.78. The predicted octanol–water partition coefficient (Wildman–Crippen LogP) is 5.19. The van der Waals surface area contributed by atoms with Crippen molar-refractivity contribution in [3.8, 4) is 11.5 Å². The van der Waals surface area contributed by atoms with Crippen molar-refractivity contribution in [2.75, 3.05) is 26.8 Å². The maximum absolute atomic E-state index is 13.2. The van der Waals surface area contributed by atoms with Gasteiger partial charge in [0.05, 0.1) is 25.0 Å². The Morgan fingerprint density at radius 2 is 1.79 bits per heavy atom. The summed E-state index contributed by atoms with van der Waals surface area (Å²) in [6.07, 6.45) is 7.59. The molecule has 5 aliphatic carbocycles. The van der Waals surface area contributed by atoms with Crippen LogP contribution in [0.1, 0.15) is 109 Å². The molecule has 5 fully saturated rings. The third kappa shape index (κ3) is 4.94. The Labute approximate surface area is 283 Å². The molecule has 8 rings (SSSR count). The van der Waals surface area contributed by atoms with Gasteiger partial charge in [0, 0.05) is 48.4 Å². The van der Waals surface area contributed by atoms with Gasteiger partial charge in [-0.3, -0.25) is 19.3 Å². The van der Waals surface area contributed by atoms with Crippen LogP contribution in [0, 0.1) is 22.7 Å². The number of carboxylic acids is 1. The number of ether oxygens (including phenoxy) is 4. The van der Waals surface area contributed by atoms with Gasteiger partial charge in [-0.15, -0.1) is 0 Å². The Morgan fingerprint density at radius 1 is 1.02 bits per heavy atom. The highest BCUT2D eigenvalue weighted by atomic mass is 16.6. The van der Waals surface area contributed by atoms with Crippen LogP contribution < -0.4 is 9.47 Å². The van der Waals surface area contributed by atoms with E-state index in [1.54, 1.807) is 7.11 Å². The first kappa shape index (κ1) is 33.8. The molecule has 4 saturated carbocycles. The Kier molecular flexibility index (Phi) is 8.23. The summed E-state index contributed by atoms with van der Waals surface area (Å²) in [5.74, 6) is -0.198. The van der Waals surface area contributed by atoms with Crippen LogP contribution in [-0.4, -0.2) is 83.2 Å². The number of unbranched alkanes of at least 4 members (excludes halogenated alkanes) is 1. The Bertz CT molecular complexity index is 1480. The first-order valence-electron chi connectivity index (χ1n) is 18.1. The molecule has 48 heavy (non-hydrogen) atoms. The smallest absolute Gasteiger partial charge is 0.311 e. The molecule has 10 nitrogen and oxygen atoms in total. The van der Waals surface area contributed by atoms with Gasteiger partial charge in [0.15, 0.2) is 11.5 Å². The standard InChI is InChI=1S/C38H53NO9/c1-34(2,3)35(4,44)26-21-36-15-16-38(26,45-5)33-37(36)17-18-39(22-23-9-10-23)27(36)20-24-11-12-25(32(48-33)31(24)37)47-30(43)8-6-7-19-46-29(42)14-13-28(40)41/h11-12,23,26-27,33,44H,6-10,13-22H2,1-5H3,(H,40,41)/t26-,27?,33-,35?,36-,37+,38-/m1/s1. The maximum Gasteiger partial charge on any atom is 0.311 e. The van der Waals surface area contributed by atoms with Crippen molar-refractivity contribution in [2.24, 2.45) is 22.7 Å². The number of carboxylic acid groups (broad SMARTS) is 1. The summed E-state index contributed by atoms with van der Waals surface area (Å²) in [6.45, 7) is 10.6. The Balaban J connectivity index is 1.18. The zero-order chi connectivity index (χ0) is 34.3. The molecule has 2 aliphatic heterocycles. The summed E-state index contributed by atoms with van der Waals surface area (Å²) in [6, 6.07) is 4.40. The summed E-state index contributed by atoms with van der Waals surface area (Å²) >= 11 is 0. The van der Waals surface area contributed by atoms with Crippen LogP contribution in [-0.2, 0) is 35.7 Å². The van der Waals surface area contributed by atoms with E-state index in [1.165, 1.54) is 24.0 Å². The van der Waals surface area contributed by atoms with Crippen molar-refractivity contribution in [3.05, 3.63) is 23.3 Å². The van der Waals surface area contributed by atoms with Gasteiger partial charge in [-0.1, -0.05) is 26.8 Å². The van der Waals surface area contributed by atoms with Crippen LogP contribution in [0.3, 0.4) is 0 Å². The summed E-state index contributed by atoms with van der Waals surface area (Å²) in [7, 11) is 1.79. The number of piperidine rings is 1. The number of carbonyl (C=O) groups is 3. The molecule has 0 radical (unpaired) electrons. The highest BCUT2D eigenvalue weighted by Gasteiger charge is 2.82. The van der Waals surface area contributed by atoms with Gasteiger partial charge in [-0.2, -0.15) is 0 Å². The molecular formula is C38H53NO9. The van der Waals surface area contributed by atoms with Crippen LogP contribution in [0.5, 0.6) is 11.5 Å². The normalized spacial score (nSPS) is 34.2. The van der Waals surface area contributed by atoms with Crippen molar-refractivity contribution >= 4 is 17.9 Å². The van der Waals surface area contributed by atoms with E-state index in [1.807, 2.05) is 13.0 Å². The second-order valence-electron chi connectivity index (χ2n) is 16.8. The molecule has 7 atom stereocenters. The molecule has 264 valence electrons. The second kappa shape index (κ2) is 11.7. The largest absolute Gasteiger partial charge is 0.482 e. The number of hydrogen-bond acceptors (Lipinski definition) is 9. The van der Waals surface area contributed by atoms with Crippen LogP contribution in [0.4, 0.5) is 0 Å². The summed E-state index contributed by atoms with van der Waals surface area (Å²) in [5.41, 5.74) is 0.0371. The molecule has 7 aliphatic rings. The molecule has 4 bridgehead atoms. The van der Waals surface area contributed by atoms with Crippen molar-refractivity contribution in [3.63, 3.8) is 0 Å². The van der Waals surface area contributed by atoms with E-state index in [2.05, 4.69) is 31.7 Å². The van der Waals surface area contributed by atoms with Gasteiger partial charge in [-0.25, -0.2) is 0 Å². The molecule has 1 aromatic rings. The van der Waals surface area contributed by atoms with Crippen LogP contribution >= 0.6 is 0 Å². The first-order chi connectivity index (χ1) is 22.7. The van der Waals surface area contributed by atoms with Gasteiger partial charge in [0.2, 0.25) is 0 Å². The number of likely N-dealkylation sites (tertiary alicyclic amines) is 1. The fraction of sp³-hybridized carbons (Fsp3) is 0.763. The molecule has 1 aromatic carbocycles. The number of hydrogen-bond donors (Lipinski definition) is 2. The quantitative estimate of drug-likeness (QED) is 0.165. The number of aliphatic hydroxyl groups is 1. The number of fused-ring (bicyclic) bond motifs is 2. The maximum atomic E-state index is 13.2. The number of nitrogens with zero attached hydrogens (tertiary/aromatic N) is 1. The van der Waals surface area contributed by atoms with E-state index >= 15 is 0 Å². The van der Waals surface area contributed by atoms with Crippen molar-refractivity contribution in [2.45, 2.75) is 134 Å². The Morgan fingerprint density at radius 3 is 2.48 bits per heavy atom. The van der Waals surface area contributed by atoms with Crippen LogP contribution in [0.2, 0.25) is 0 Å². The molecule has 0 amide bonds. The SMILES string of the molecule is CO[C@]12CC[C@@]3(C[C@@H]1C(C)(O)C(C)(C)C)C1Cc4ccc(OC(=O)CCCCOC(=O)CCC(=O)O)c5c4[C@@]3(CCN1CC1CC1)[C@H]2O5. The van der Waals surface area contributed by atoms with Gasteiger partial charge in [-0.05, 0) is 94.2 Å². The lowest BCUT2D eigenvalue weighted by molar-refractivity contribution is -0.312. The average molecular weight is 668 g/mol.